The van der Waals surface area contributed by atoms with Crippen molar-refractivity contribution in [3.8, 4) is 5.69 Å². The molecule has 1 unspecified atom stereocenters. The second-order valence-electron chi connectivity index (χ2n) is 5.71. The lowest BCUT2D eigenvalue weighted by atomic mass is 9.97. The minimum Gasteiger partial charge on any atom is -0.338 e. The number of hydrogen-bond acceptors (Lipinski definition) is 4. The summed E-state index contributed by atoms with van der Waals surface area (Å²) in [5, 5.41) is 7.32. The van der Waals surface area contributed by atoms with Crippen LogP contribution >= 0.6 is 24.8 Å². The summed E-state index contributed by atoms with van der Waals surface area (Å²) in [7, 11) is 1.96. The largest absolute Gasteiger partial charge is 0.338 e. The first-order chi connectivity index (χ1) is 10.8. The molecule has 1 saturated heterocycles. The Kier molecular flexibility index (Phi) is 8.18. The zero-order valence-electron chi connectivity index (χ0n) is 13.6. The third-order valence-electron chi connectivity index (χ3n) is 4.08. The number of rotatable bonds is 4. The van der Waals surface area contributed by atoms with Gasteiger partial charge in [0.25, 0.3) is 5.91 Å². The minimum atomic E-state index is 0. The van der Waals surface area contributed by atoms with E-state index in [4.69, 9.17) is 0 Å². The summed E-state index contributed by atoms with van der Waals surface area (Å²) < 4.78 is 1.66. The lowest BCUT2D eigenvalue weighted by Crippen LogP contribution is -2.42. The van der Waals surface area contributed by atoms with Crippen LogP contribution in [0.3, 0.4) is 0 Å². The van der Waals surface area contributed by atoms with Gasteiger partial charge in [-0.2, -0.15) is 5.10 Å². The first-order valence-corrected chi connectivity index (χ1v) is 7.67. The molecular formula is C16H23Cl2N5O. The van der Waals surface area contributed by atoms with Crippen LogP contribution in [0.15, 0.2) is 36.9 Å². The number of nitrogens with zero attached hydrogens (tertiary/aromatic N) is 4. The van der Waals surface area contributed by atoms with Gasteiger partial charge in [-0.15, -0.1) is 24.8 Å². The van der Waals surface area contributed by atoms with Gasteiger partial charge in [-0.25, -0.2) is 9.67 Å². The molecule has 0 spiro atoms. The van der Waals surface area contributed by atoms with Gasteiger partial charge in [-0.05, 0) is 50.6 Å². The fourth-order valence-electron chi connectivity index (χ4n) is 3.01. The molecule has 0 aliphatic carbocycles. The fraction of sp³-hybridized carbons (Fsp3) is 0.438. The van der Waals surface area contributed by atoms with E-state index in [1.54, 1.807) is 11.0 Å². The van der Waals surface area contributed by atoms with Crippen LogP contribution in [0.2, 0.25) is 0 Å². The monoisotopic (exact) mass is 371 g/mol. The highest BCUT2D eigenvalue weighted by atomic mass is 35.5. The van der Waals surface area contributed by atoms with Crippen LogP contribution in [0.4, 0.5) is 0 Å². The molecule has 1 aromatic heterocycles. The maximum Gasteiger partial charge on any atom is 0.253 e. The van der Waals surface area contributed by atoms with E-state index in [1.807, 2.05) is 36.2 Å². The maximum atomic E-state index is 12.7. The zero-order chi connectivity index (χ0) is 15.4. The lowest BCUT2D eigenvalue weighted by molar-refractivity contribution is 0.0674. The molecule has 1 aliphatic heterocycles. The quantitative estimate of drug-likeness (QED) is 0.894. The highest BCUT2D eigenvalue weighted by Gasteiger charge is 2.24. The van der Waals surface area contributed by atoms with Crippen molar-refractivity contribution in [2.75, 3.05) is 26.7 Å². The molecule has 1 fully saturated rings. The SMILES string of the molecule is CNCC1CCCN(C(=O)c2cccc(-n3cncn3)c2)C1.Cl.Cl. The highest BCUT2D eigenvalue weighted by molar-refractivity contribution is 5.94. The number of aromatic nitrogens is 3. The third-order valence-corrected chi connectivity index (χ3v) is 4.08. The Morgan fingerprint density at radius 2 is 2.21 bits per heavy atom. The molecule has 1 atom stereocenters. The molecule has 0 bridgehead atoms. The summed E-state index contributed by atoms with van der Waals surface area (Å²) in [4.78, 5) is 18.6. The number of carbonyl (C=O) groups is 1. The lowest BCUT2D eigenvalue weighted by Gasteiger charge is -2.32. The first-order valence-electron chi connectivity index (χ1n) is 7.67. The number of amides is 1. The van der Waals surface area contributed by atoms with Crippen LogP contribution in [0.5, 0.6) is 0 Å². The van der Waals surface area contributed by atoms with Crippen molar-refractivity contribution in [2.45, 2.75) is 12.8 Å². The van der Waals surface area contributed by atoms with Gasteiger partial charge < -0.3 is 10.2 Å². The van der Waals surface area contributed by atoms with Crippen molar-refractivity contribution >= 4 is 30.7 Å². The van der Waals surface area contributed by atoms with Crippen molar-refractivity contribution in [3.63, 3.8) is 0 Å². The van der Waals surface area contributed by atoms with Crippen molar-refractivity contribution < 1.29 is 4.79 Å². The van der Waals surface area contributed by atoms with E-state index in [0.29, 0.717) is 11.5 Å². The number of likely N-dealkylation sites (tertiary alicyclic amines) is 1. The number of hydrogen-bond donors (Lipinski definition) is 1. The number of nitrogens with one attached hydrogen (secondary N) is 1. The molecule has 1 N–H and O–H groups in total. The Bertz CT molecular complexity index is 633. The minimum absolute atomic E-state index is 0. The highest BCUT2D eigenvalue weighted by Crippen LogP contribution is 2.19. The predicted molar refractivity (Wildman–Crippen MR) is 98.4 cm³/mol. The smallest absolute Gasteiger partial charge is 0.253 e. The Morgan fingerprint density at radius 1 is 1.38 bits per heavy atom. The molecule has 0 saturated carbocycles. The van der Waals surface area contributed by atoms with E-state index < -0.39 is 0 Å². The Morgan fingerprint density at radius 3 is 2.92 bits per heavy atom. The van der Waals surface area contributed by atoms with Gasteiger partial charge in [-0.3, -0.25) is 4.79 Å². The zero-order valence-corrected chi connectivity index (χ0v) is 15.2. The molecule has 1 amide bonds. The average molecular weight is 372 g/mol. The number of piperidine rings is 1. The molecule has 2 aromatic rings. The topological polar surface area (TPSA) is 63.1 Å². The van der Waals surface area contributed by atoms with Gasteiger partial charge in [-0.1, -0.05) is 6.07 Å². The van der Waals surface area contributed by atoms with E-state index in [1.165, 1.54) is 12.7 Å². The summed E-state index contributed by atoms with van der Waals surface area (Å²) in [6.07, 6.45) is 5.37. The summed E-state index contributed by atoms with van der Waals surface area (Å²) in [6.45, 7) is 2.63. The van der Waals surface area contributed by atoms with Crippen molar-refractivity contribution in [1.29, 1.82) is 0 Å². The molecule has 8 heteroatoms. The third kappa shape index (κ3) is 4.69. The number of halogens is 2. The van der Waals surface area contributed by atoms with Crippen molar-refractivity contribution in [3.05, 3.63) is 42.5 Å². The molecule has 1 aliphatic rings. The summed E-state index contributed by atoms with van der Waals surface area (Å²) >= 11 is 0. The van der Waals surface area contributed by atoms with Gasteiger partial charge in [0, 0.05) is 18.7 Å². The number of benzene rings is 1. The molecule has 24 heavy (non-hydrogen) atoms. The normalized spacial score (nSPS) is 16.9. The van der Waals surface area contributed by atoms with E-state index in [0.717, 1.165) is 31.7 Å². The van der Waals surface area contributed by atoms with Gasteiger partial charge in [0.1, 0.15) is 12.7 Å². The van der Waals surface area contributed by atoms with Crippen LogP contribution in [0.25, 0.3) is 5.69 Å². The van der Waals surface area contributed by atoms with Crippen LogP contribution in [0.1, 0.15) is 23.2 Å². The average Bonchev–Trinajstić information content (AvgIpc) is 3.09. The Labute approximate surface area is 154 Å². The Hall–Kier alpha value is -1.63. The second-order valence-corrected chi connectivity index (χ2v) is 5.71. The molecule has 0 radical (unpaired) electrons. The van der Waals surface area contributed by atoms with Gasteiger partial charge in [0.05, 0.1) is 5.69 Å². The molecule has 6 nitrogen and oxygen atoms in total. The summed E-state index contributed by atoms with van der Waals surface area (Å²) in [6, 6.07) is 7.55. The molecule has 3 rings (SSSR count). The van der Waals surface area contributed by atoms with Crippen LogP contribution in [-0.4, -0.2) is 52.3 Å². The second kappa shape index (κ2) is 9.61. The molecular weight excluding hydrogens is 349 g/mol. The van der Waals surface area contributed by atoms with Crippen LogP contribution in [-0.2, 0) is 0 Å². The van der Waals surface area contributed by atoms with E-state index in [-0.39, 0.29) is 30.7 Å². The standard InChI is InChI=1S/C16H21N5O.2ClH/c1-17-9-13-4-3-7-20(10-13)16(22)14-5-2-6-15(8-14)21-12-18-11-19-21;;/h2,5-6,8,11-13,17H,3-4,7,9-10H2,1H3;2*1H. The van der Waals surface area contributed by atoms with Crippen molar-refractivity contribution in [2.24, 2.45) is 5.92 Å². The summed E-state index contributed by atoms with van der Waals surface area (Å²) in [5.74, 6) is 0.643. The maximum absolute atomic E-state index is 12.7. The summed E-state index contributed by atoms with van der Waals surface area (Å²) in [5.41, 5.74) is 1.56. The predicted octanol–water partition coefficient (Wildman–Crippen LogP) is 2.18. The van der Waals surface area contributed by atoms with Crippen LogP contribution in [0, 0.1) is 5.92 Å². The first kappa shape index (κ1) is 20.4. The van der Waals surface area contributed by atoms with Gasteiger partial charge in [0.2, 0.25) is 0 Å². The fourth-order valence-corrected chi connectivity index (χ4v) is 3.01. The van der Waals surface area contributed by atoms with Crippen LogP contribution < -0.4 is 5.32 Å². The van der Waals surface area contributed by atoms with E-state index in [2.05, 4.69) is 15.4 Å². The van der Waals surface area contributed by atoms with E-state index >= 15 is 0 Å². The van der Waals surface area contributed by atoms with Crippen molar-refractivity contribution in [1.82, 2.24) is 25.0 Å². The molecule has 132 valence electrons. The van der Waals surface area contributed by atoms with E-state index in [9.17, 15) is 4.79 Å². The van der Waals surface area contributed by atoms with Gasteiger partial charge in [0.15, 0.2) is 0 Å². The van der Waals surface area contributed by atoms with Gasteiger partial charge >= 0.3 is 0 Å². The number of carbonyl (C=O) groups excluding carboxylic acids is 1. The molecule has 2 heterocycles. The Balaban J connectivity index is 0.00000144. The molecule has 1 aromatic carbocycles.